The van der Waals surface area contributed by atoms with Gasteiger partial charge in [-0.25, -0.2) is 4.79 Å². The minimum Gasteiger partial charge on any atom is -0.474 e. The Balaban J connectivity index is 3.44. The molecule has 0 aliphatic heterocycles. The third-order valence-corrected chi connectivity index (χ3v) is 2.47. The number of nitrogens with one attached hydrogen (secondary N) is 1. The first kappa shape index (κ1) is 11.3. The van der Waals surface area contributed by atoms with Gasteiger partial charge in [-0.3, -0.25) is 4.79 Å². The zero-order valence-electron chi connectivity index (χ0n) is 7.16. The Morgan fingerprint density at radius 1 is 1.58 bits per heavy atom. The highest BCUT2D eigenvalue weighted by atomic mass is 32.2. The molecule has 4 nitrogen and oxygen atoms in total. The molecule has 2 N–H and O–H groups in total. The molecule has 0 aromatic carbocycles. The van der Waals surface area contributed by atoms with E-state index in [2.05, 4.69) is 5.32 Å². The van der Waals surface area contributed by atoms with Crippen LogP contribution in [0.15, 0.2) is 0 Å². The van der Waals surface area contributed by atoms with E-state index >= 15 is 0 Å². The van der Waals surface area contributed by atoms with E-state index in [4.69, 9.17) is 5.11 Å². The first-order chi connectivity index (χ1) is 5.57. The molecule has 0 saturated heterocycles. The van der Waals surface area contributed by atoms with Crippen LogP contribution in [0.1, 0.15) is 13.3 Å². The van der Waals surface area contributed by atoms with E-state index in [1.165, 1.54) is 0 Å². The molecule has 1 atom stereocenters. The van der Waals surface area contributed by atoms with Crippen molar-refractivity contribution in [2.75, 3.05) is 12.8 Å². The fourth-order valence-corrected chi connectivity index (χ4v) is 0.936. The first-order valence-electron chi connectivity index (χ1n) is 3.61. The van der Waals surface area contributed by atoms with E-state index in [0.717, 1.165) is 6.42 Å². The predicted octanol–water partition coefficient (Wildman–Crippen LogP) is 0.329. The molecule has 1 unspecified atom stereocenters. The van der Waals surface area contributed by atoms with Crippen LogP contribution in [-0.4, -0.2) is 35.0 Å². The number of hydrogen-bond acceptors (Lipinski definition) is 3. The summed E-state index contributed by atoms with van der Waals surface area (Å²) in [5.41, 5.74) is 0. The van der Waals surface area contributed by atoms with E-state index in [1.807, 2.05) is 13.2 Å². The second kappa shape index (κ2) is 5.88. The lowest BCUT2D eigenvalue weighted by molar-refractivity contribution is -0.150. The predicted molar refractivity (Wildman–Crippen MR) is 48.2 cm³/mol. The van der Waals surface area contributed by atoms with Crippen molar-refractivity contribution < 1.29 is 14.7 Å². The summed E-state index contributed by atoms with van der Waals surface area (Å²) in [6, 6.07) is 0. The number of carboxylic acids is 1. The summed E-state index contributed by atoms with van der Waals surface area (Å²) < 4.78 is 0. The molecular formula is C7H13NO3S. The van der Waals surface area contributed by atoms with Crippen molar-refractivity contribution in [3.63, 3.8) is 0 Å². The average Bonchev–Trinajstić information content (AvgIpc) is 2.03. The number of hydrogen-bond donors (Lipinski definition) is 2. The Morgan fingerprint density at radius 2 is 2.17 bits per heavy atom. The van der Waals surface area contributed by atoms with Crippen molar-refractivity contribution in [2.45, 2.75) is 18.6 Å². The number of carbonyl (C=O) groups excluding carboxylic acids is 1. The third kappa shape index (κ3) is 5.01. The number of carbonyl (C=O) groups is 2. The molecule has 0 fully saturated rings. The van der Waals surface area contributed by atoms with E-state index in [9.17, 15) is 9.59 Å². The van der Waals surface area contributed by atoms with Gasteiger partial charge < -0.3 is 10.4 Å². The Hall–Kier alpha value is -0.710. The summed E-state index contributed by atoms with van der Waals surface area (Å²) in [6.45, 7) is 2.45. The zero-order chi connectivity index (χ0) is 9.56. The SMILES string of the molecule is CSC(C)CCNC(=O)C(=O)O. The third-order valence-electron chi connectivity index (χ3n) is 1.43. The Morgan fingerprint density at radius 3 is 2.58 bits per heavy atom. The summed E-state index contributed by atoms with van der Waals surface area (Å²) in [5, 5.41) is 10.9. The van der Waals surface area contributed by atoms with Crippen LogP contribution in [0.2, 0.25) is 0 Å². The molecule has 0 bridgehead atoms. The van der Waals surface area contributed by atoms with Gasteiger partial charge in [0.05, 0.1) is 0 Å². The molecule has 5 heteroatoms. The van der Waals surface area contributed by atoms with Gasteiger partial charge in [-0.15, -0.1) is 0 Å². The van der Waals surface area contributed by atoms with Crippen LogP contribution < -0.4 is 5.32 Å². The second-order valence-corrected chi connectivity index (χ2v) is 3.67. The average molecular weight is 191 g/mol. The summed E-state index contributed by atoms with van der Waals surface area (Å²) in [6.07, 6.45) is 2.77. The van der Waals surface area contributed by atoms with Gasteiger partial charge in [0.2, 0.25) is 0 Å². The topological polar surface area (TPSA) is 66.4 Å². The van der Waals surface area contributed by atoms with Gasteiger partial charge in [0.25, 0.3) is 0 Å². The number of aliphatic carboxylic acids is 1. The first-order valence-corrected chi connectivity index (χ1v) is 4.90. The van der Waals surface area contributed by atoms with Gasteiger partial charge in [-0.05, 0) is 12.7 Å². The number of thioether (sulfide) groups is 1. The highest BCUT2D eigenvalue weighted by Crippen LogP contribution is 2.07. The standard InChI is InChI=1S/C7H13NO3S/c1-5(12-2)3-4-8-6(9)7(10)11/h5H,3-4H2,1-2H3,(H,8,9)(H,10,11). The van der Waals surface area contributed by atoms with Crippen LogP contribution in [0.4, 0.5) is 0 Å². The van der Waals surface area contributed by atoms with Gasteiger partial charge in [0.1, 0.15) is 0 Å². The lowest BCUT2D eigenvalue weighted by atomic mass is 10.3. The van der Waals surface area contributed by atoms with E-state index < -0.39 is 11.9 Å². The monoisotopic (exact) mass is 191 g/mol. The van der Waals surface area contributed by atoms with Gasteiger partial charge in [-0.1, -0.05) is 6.92 Å². The normalized spacial score (nSPS) is 12.2. The summed E-state index contributed by atoms with van der Waals surface area (Å²) in [7, 11) is 0. The molecule has 0 aromatic rings. The lowest BCUT2D eigenvalue weighted by Crippen LogP contribution is -2.32. The Labute approximate surface area is 75.7 Å². The minimum absolute atomic E-state index is 0.424. The molecule has 0 heterocycles. The Kier molecular flexibility index (Phi) is 5.53. The van der Waals surface area contributed by atoms with E-state index in [0.29, 0.717) is 11.8 Å². The number of rotatable bonds is 4. The molecule has 0 spiro atoms. The highest BCUT2D eigenvalue weighted by Gasteiger charge is 2.09. The molecule has 0 aromatic heterocycles. The molecular weight excluding hydrogens is 178 g/mol. The van der Waals surface area contributed by atoms with Crippen molar-refractivity contribution >= 4 is 23.6 Å². The smallest absolute Gasteiger partial charge is 0.394 e. The maximum Gasteiger partial charge on any atom is 0.394 e. The molecule has 70 valence electrons. The van der Waals surface area contributed by atoms with Crippen LogP contribution in [0.3, 0.4) is 0 Å². The van der Waals surface area contributed by atoms with Crippen LogP contribution in [0.5, 0.6) is 0 Å². The maximum atomic E-state index is 10.5. The van der Waals surface area contributed by atoms with Crippen LogP contribution in [-0.2, 0) is 9.59 Å². The van der Waals surface area contributed by atoms with Gasteiger partial charge >= 0.3 is 11.9 Å². The summed E-state index contributed by atoms with van der Waals surface area (Å²) in [5.74, 6) is -2.35. The fraction of sp³-hybridized carbons (Fsp3) is 0.714. The molecule has 0 aliphatic carbocycles. The van der Waals surface area contributed by atoms with Crippen molar-refractivity contribution in [1.29, 1.82) is 0 Å². The number of amides is 1. The molecule has 0 radical (unpaired) electrons. The Bertz CT molecular complexity index is 172. The second-order valence-electron chi connectivity index (χ2n) is 2.40. The molecule has 0 saturated carbocycles. The van der Waals surface area contributed by atoms with Gasteiger partial charge in [0, 0.05) is 11.8 Å². The van der Waals surface area contributed by atoms with Crippen molar-refractivity contribution in [3.8, 4) is 0 Å². The zero-order valence-corrected chi connectivity index (χ0v) is 7.98. The quantitative estimate of drug-likeness (QED) is 0.628. The van der Waals surface area contributed by atoms with Crippen LogP contribution in [0, 0.1) is 0 Å². The van der Waals surface area contributed by atoms with Crippen molar-refractivity contribution in [1.82, 2.24) is 5.32 Å². The molecule has 0 rings (SSSR count). The van der Waals surface area contributed by atoms with E-state index in [1.54, 1.807) is 11.8 Å². The van der Waals surface area contributed by atoms with Crippen LogP contribution >= 0.6 is 11.8 Å². The molecule has 0 aliphatic rings. The fourth-order valence-electron chi connectivity index (χ4n) is 0.582. The molecule has 12 heavy (non-hydrogen) atoms. The highest BCUT2D eigenvalue weighted by molar-refractivity contribution is 7.99. The van der Waals surface area contributed by atoms with Gasteiger partial charge in [0.15, 0.2) is 0 Å². The summed E-state index contributed by atoms with van der Waals surface area (Å²) >= 11 is 1.69. The van der Waals surface area contributed by atoms with Gasteiger partial charge in [-0.2, -0.15) is 11.8 Å². The molecule has 1 amide bonds. The van der Waals surface area contributed by atoms with E-state index in [-0.39, 0.29) is 0 Å². The minimum atomic E-state index is -1.42. The number of carboxylic acid groups (broad SMARTS) is 1. The van der Waals surface area contributed by atoms with Crippen molar-refractivity contribution in [2.24, 2.45) is 0 Å². The maximum absolute atomic E-state index is 10.5. The van der Waals surface area contributed by atoms with Crippen molar-refractivity contribution in [3.05, 3.63) is 0 Å². The lowest BCUT2D eigenvalue weighted by Gasteiger charge is -2.07. The summed E-state index contributed by atoms with van der Waals surface area (Å²) in [4.78, 5) is 20.5. The largest absolute Gasteiger partial charge is 0.474 e. The van der Waals surface area contributed by atoms with Crippen LogP contribution in [0.25, 0.3) is 0 Å².